The van der Waals surface area contributed by atoms with E-state index in [1.165, 1.54) is 6.08 Å². The first-order valence-corrected chi connectivity index (χ1v) is 7.47. The molecule has 0 aliphatic rings. The quantitative estimate of drug-likeness (QED) is 0.797. The average molecular weight is 352 g/mol. The van der Waals surface area contributed by atoms with Crippen molar-refractivity contribution in [3.63, 3.8) is 0 Å². The monoisotopic (exact) mass is 351 g/mol. The summed E-state index contributed by atoms with van der Waals surface area (Å²) < 4.78 is 11.0. The van der Waals surface area contributed by atoms with Crippen LogP contribution in [0.4, 0.5) is 0 Å². The van der Waals surface area contributed by atoms with Crippen molar-refractivity contribution in [3.05, 3.63) is 63.6 Å². The lowest BCUT2D eigenvalue weighted by molar-refractivity contribution is -0.113. The van der Waals surface area contributed by atoms with E-state index in [4.69, 9.17) is 38.4 Å². The summed E-state index contributed by atoms with van der Waals surface area (Å²) in [5.41, 5.74) is 6.66. The molecule has 0 radical (unpaired) electrons. The van der Waals surface area contributed by atoms with Gasteiger partial charge in [0.2, 0.25) is 5.91 Å². The van der Waals surface area contributed by atoms with E-state index >= 15 is 0 Å². The molecule has 23 heavy (non-hydrogen) atoms. The highest BCUT2D eigenvalue weighted by molar-refractivity contribution is 6.35. The minimum absolute atomic E-state index is 0.259. The van der Waals surface area contributed by atoms with Gasteiger partial charge in [-0.15, -0.1) is 0 Å². The van der Waals surface area contributed by atoms with Crippen LogP contribution in [-0.4, -0.2) is 13.0 Å². The molecule has 0 aliphatic heterocycles. The van der Waals surface area contributed by atoms with Crippen molar-refractivity contribution in [1.29, 1.82) is 0 Å². The molecule has 4 nitrogen and oxygen atoms in total. The number of primary amides is 1. The maximum Gasteiger partial charge on any atom is 0.241 e. The van der Waals surface area contributed by atoms with Crippen LogP contribution >= 0.6 is 23.2 Å². The van der Waals surface area contributed by atoms with Gasteiger partial charge in [-0.05, 0) is 35.9 Å². The van der Waals surface area contributed by atoms with E-state index in [1.54, 1.807) is 49.6 Å². The molecule has 0 saturated carbocycles. The molecule has 0 fully saturated rings. The van der Waals surface area contributed by atoms with Gasteiger partial charge < -0.3 is 15.2 Å². The Balaban J connectivity index is 2.20. The van der Waals surface area contributed by atoms with Crippen molar-refractivity contribution in [3.8, 4) is 11.5 Å². The van der Waals surface area contributed by atoms with Gasteiger partial charge in [0, 0.05) is 21.7 Å². The average Bonchev–Trinajstić information content (AvgIpc) is 2.52. The van der Waals surface area contributed by atoms with E-state index in [0.717, 1.165) is 11.1 Å². The Hall–Kier alpha value is -2.17. The molecule has 0 heterocycles. The molecule has 1 amide bonds. The molecule has 120 valence electrons. The number of benzene rings is 2. The molecule has 0 aromatic heterocycles. The maximum absolute atomic E-state index is 10.8. The van der Waals surface area contributed by atoms with Crippen LogP contribution in [0.25, 0.3) is 6.08 Å². The molecule has 0 aliphatic carbocycles. The normalized spacial score (nSPS) is 10.7. The minimum atomic E-state index is -0.517. The fourth-order valence-electron chi connectivity index (χ4n) is 1.88. The largest absolute Gasteiger partial charge is 0.493 e. The zero-order chi connectivity index (χ0) is 16.8. The Morgan fingerprint density at radius 3 is 2.61 bits per heavy atom. The number of ether oxygens (including phenoxy) is 2. The van der Waals surface area contributed by atoms with Gasteiger partial charge >= 0.3 is 0 Å². The van der Waals surface area contributed by atoms with Crippen LogP contribution in [0.15, 0.2) is 42.5 Å². The Bertz CT molecular complexity index is 745. The summed E-state index contributed by atoms with van der Waals surface area (Å²) in [5, 5.41) is 1.09. The summed E-state index contributed by atoms with van der Waals surface area (Å²) in [5.74, 6) is 0.590. The number of hydrogen-bond acceptors (Lipinski definition) is 3. The van der Waals surface area contributed by atoms with E-state index < -0.39 is 5.91 Å². The van der Waals surface area contributed by atoms with Crippen LogP contribution in [-0.2, 0) is 11.4 Å². The van der Waals surface area contributed by atoms with Gasteiger partial charge in [-0.25, -0.2) is 0 Å². The maximum atomic E-state index is 10.8. The molecule has 0 bridgehead atoms. The first-order valence-electron chi connectivity index (χ1n) is 6.72. The third kappa shape index (κ3) is 4.91. The number of methoxy groups -OCH3 is 1. The van der Waals surface area contributed by atoms with Crippen LogP contribution in [0, 0.1) is 0 Å². The van der Waals surface area contributed by atoms with E-state index in [1.807, 2.05) is 0 Å². The lowest BCUT2D eigenvalue weighted by Gasteiger charge is -2.12. The number of halogens is 2. The number of hydrogen-bond donors (Lipinski definition) is 1. The second-order valence-electron chi connectivity index (χ2n) is 4.67. The Kier molecular flexibility index (Phi) is 5.90. The predicted octanol–water partition coefficient (Wildman–Crippen LogP) is 4.08. The van der Waals surface area contributed by atoms with Gasteiger partial charge in [-0.1, -0.05) is 35.3 Å². The van der Waals surface area contributed by atoms with E-state index in [-0.39, 0.29) is 6.61 Å². The van der Waals surface area contributed by atoms with E-state index in [9.17, 15) is 4.79 Å². The second-order valence-corrected chi connectivity index (χ2v) is 5.51. The number of rotatable bonds is 6. The highest BCUT2D eigenvalue weighted by atomic mass is 35.5. The second kappa shape index (κ2) is 7.90. The first-order chi connectivity index (χ1) is 11.0. The summed E-state index contributed by atoms with van der Waals surface area (Å²) in [6, 6.07) is 10.5. The standard InChI is InChI=1S/C17H15Cl2NO3/c1-22-15-6-2-11(3-7-17(20)21)8-16(15)23-10-12-4-5-13(18)9-14(12)19/h2-9H,10H2,1H3,(H2,20,21). The molecule has 2 rings (SSSR count). The zero-order valence-corrected chi connectivity index (χ0v) is 13.9. The van der Waals surface area contributed by atoms with Crippen molar-refractivity contribution < 1.29 is 14.3 Å². The van der Waals surface area contributed by atoms with E-state index in [2.05, 4.69) is 0 Å². The number of amides is 1. The Morgan fingerprint density at radius 1 is 1.17 bits per heavy atom. The van der Waals surface area contributed by atoms with Crippen molar-refractivity contribution in [2.75, 3.05) is 7.11 Å². The lowest BCUT2D eigenvalue weighted by Crippen LogP contribution is -2.05. The van der Waals surface area contributed by atoms with Gasteiger partial charge in [0.25, 0.3) is 0 Å². The first kappa shape index (κ1) is 17.2. The zero-order valence-electron chi connectivity index (χ0n) is 12.4. The molecule has 6 heteroatoms. The molecule has 2 aromatic rings. The highest BCUT2D eigenvalue weighted by Gasteiger charge is 2.07. The number of carbonyl (C=O) groups is 1. The van der Waals surface area contributed by atoms with Crippen molar-refractivity contribution in [1.82, 2.24) is 0 Å². The lowest BCUT2D eigenvalue weighted by atomic mass is 10.2. The summed E-state index contributed by atoms with van der Waals surface area (Å²) >= 11 is 12.0. The summed E-state index contributed by atoms with van der Waals surface area (Å²) in [7, 11) is 1.55. The fraction of sp³-hybridized carbons (Fsp3) is 0.118. The van der Waals surface area contributed by atoms with Crippen LogP contribution in [0.2, 0.25) is 10.0 Å². The third-order valence-electron chi connectivity index (χ3n) is 3.03. The summed E-state index contributed by atoms with van der Waals surface area (Å²) in [6.45, 7) is 0.259. The fourth-order valence-corrected chi connectivity index (χ4v) is 2.35. The van der Waals surface area contributed by atoms with Crippen LogP contribution in [0.5, 0.6) is 11.5 Å². The Morgan fingerprint density at radius 2 is 1.96 bits per heavy atom. The molecule has 0 spiro atoms. The van der Waals surface area contributed by atoms with Gasteiger partial charge in [0.05, 0.1) is 7.11 Å². The van der Waals surface area contributed by atoms with Gasteiger partial charge in [-0.2, -0.15) is 0 Å². The number of nitrogens with two attached hydrogens (primary N) is 1. The van der Waals surface area contributed by atoms with Crippen molar-refractivity contribution in [2.24, 2.45) is 5.73 Å². The van der Waals surface area contributed by atoms with Crippen LogP contribution in [0.1, 0.15) is 11.1 Å². The SMILES string of the molecule is COc1ccc(C=CC(N)=O)cc1OCc1ccc(Cl)cc1Cl. The van der Waals surface area contributed by atoms with E-state index in [0.29, 0.717) is 21.5 Å². The van der Waals surface area contributed by atoms with Gasteiger partial charge in [0.1, 0.15) is 6.61 Å². The molecule has 0 saturated heterocycles. The molecule has 0 atom stereocenters. The van der Waals surface area contributed by atoms with Crippen molar-refractivity contribution in [2.45, 2.75) is 6.61 Å². The predicted molar refractivity (Wildman–Crippen MR) is 92.0 cm³/mol. The third-order valence-corrected chi connectivity index (χ3v) is 3.61. The molecule has 0 unspecified atom stereocenters. The molecule has 2 aromatic carbocycles. The molecule has 2 N–H and O–H groups in total. The summed E-state index contributed by atoms with van der Waals surface area (Å²) in [6.07, 6.45) is 2.88. The van der Waals surface area contributed by atoms with Gasteiger partial charge in [0.15, 0.2) is 11.5 Å². The van der Waals surface area contributed by atoms with Crippen molar-refractivity contribution >= 4 is 35.2 Å². The van der Waals surface area contributed by atoms with Crippen LogP contribution < -0.4 is 15.2 Å². The van der Waals surface area contributed by atoms with Crippen LogP contribution in [0.3, 0.4) is 0 Å². The smallest absolute Gasteiger partial charge is 0.241 e. The highest BCUT2D eigenvalue weighted by Crippen LogP contribution is 2.30. The molecular formula is C17H15Cl2NO3. The molecular weight excluding hydrogens is 337 g/mol. The summed E-state index contributed by atoms with van der Waals surface area (Å²) in [4.78, 5) is 10.8. The van der Waals surface area contributed by atoms with Gasteiger partial charge in [-0.3, -0.25) is 4.79 Å². The minimum Gasteiger partial charge on any atom is -0.493 e. The number of carbonyl (C=O) groups excluding carboxylic acids is 1. The topological polar surface area (TPSA) is 61.5 Å². The Labute approximate surface area is 144 Å².